The van der Waals surface area contributed by atoms with Crippen molar-refractivity contribution in [2.24, 2.45) is 0 Å². The number of pyridine rings is 1. The Morgan fingerprint density at radius 3 is 2.89 bits per heavy atom. The Hall–Kier alpha value is -3.00. The molecule has 0 radical (unpaired) electrons. The van der Waals surface area contributed by atoms with Gasteiger partial charge in [0, 0.05) is 34.9 Å². The molecule has 8 heteroatoms. The van der Waals surface area contributed by atoms with Gasteiger partial charge in [0.2, 0.25) is 5.88 Å². The number of H-pyrrole nitrogens is 1. The van der Waals surface area contributed by atoms with Crippen molar-refractivity contribution < 1.29 is 23.4 Å². The number of hydrogen-bond donors (Lipinski definition) is 3. The Bertz CT molecular complexity index is 914. The molecule has 3 rings (SSSR count). The number of aliphatic hydroxyl groups excluding tert-OH is 1. The maximum atomic E-state index is 12.4. The number of halogens is 2. The van der Waals surface area contributed by atoms with E-state index in [2.05, 4.69) is 15.3 Å². The van der Waals surface area contributed by atoms with E-state index in [0.29, 0.717) is 6.42 Å². The molecule has 0 aliphatic rings. The van der Waals surface area contributed by atoms with Crippen molar-refractivity contribution in [3.8, 4) is 5.88 Å². The van der Waals surface area contributed by atoms with Gasteiger partial charge in [-0.2, -0.15) is 0 Å². The Balaban J connectivity index is 1.67. The first-order valence-electron chi connectivity index (χ1n) is 8.40. The van der Waals surface area contributed by atoms with Gasteiger partial charge in [-0.25, -0.2) is 13.8 Å². The number of fused-ring (bicyclic) bond motifs is 1. The number of carbonyl (C=O) groups is 1. The third kappa shape index (κ3) is 4.79. The first-order chi connectivity index (χ1) is 13.1. The molecular formula is C19H19F2N3O3. The first kappa shape index (κ1) is 18.8. The van der Waals surface area contributed by atoms with Crippen molar-refractivity contribution >= 4 is 16.8 Å². The number of aromatic amines is 1. The van der Waals surface area contributed by atoms with Crippen molar-refractivity contribution in [2.75, 3.05) is 13.2 Å². The van der Waals surface area contributed by atoms with Gasteiger partial charge in [-0.15, -0.1) is 0 Å². The zero-order valence-electron chi connectivity index (χ0n) is 14.4. The topological polar surface area (TPSA) is 87.2 Å². The van der Waals surface area contributed by atoms with Gasteiger partial charge in [0.25, 0.3) is 12.3 Å². The number of alkyl halides is 2. The molecule has 27 heavy (non-hydrogen) atoms. The lowest BCUT2D eigenvalue weighted by molar-refractivity contribution is 0.0794. The summed E-state index contributed by atoms with van der Waals surface area (Å²) in [6.45, 7) is -1.04. The number of para-hydroxylation sites is 1. The summed E-state index contributed by atoms with van der Waals surface area (Å²) in [6.07, 6.45) is 0.969. The van der Waals surface area contributed by atoms with Crippen LogP contribution >= 0.6 is 0 Å². The highest BCUT2D eigenvalue weighted by Crippen LogP contribution is 2.19. The van der Waals surface area contributed by atoms with Crippen molar-refractivity contribution in [1.82, 2.24) is 15.3 Å². The normalized spacial score (nSPS) is 12.3. The number of nitrogens with one attached hydrogen (secondary N) is 2. The maximum absolute atomic E-state index is 12.4. The Labute approximate surface area is 154 Å². The molecule has 0 spiro atoms. The SMILES string of the molecule is O=C(N[C@H](CO)Cc1c[nH]c2ccccc12)c1ccnc(OCC(F)F)c1. The standard InChI is InChI=1S/C19H19F2N3O3/c20-17(21)11-27-18-8-12(5-6-22-18)19(26)24-14(10-25)7-13-9-23-16-4-2-1-3-15(13)16/h1-6,8-9,14,17,23,25H,7,10-11H2,(H,24,26)/t14-/m0/s1. The predicted octanol–water partition coefficient (Wildman–Crippen LogP) is 2.54. The van der Waals surface area contributed by atoms with Crippen LogP contribution in [0.3, 0.4) is 0 Å². The molecule has 3 N–H and O–H groups in total. The van der Waals surface area contributed by atoms with Gasteiger partial charge in [-0.05, 0) is 24.1 Å². The van der Waals surface area contributed by atoms with E-state index in [1.54, 1.807) is 0 Å². The average molecular weight is 375 g/mol. The molecule has 3 aromatic rings. The van der Waals surface area contributed by atoms with Gasteiger partial charge in [-0.1, -0.05) is 18.2 Å². The van der Waals surface area contributed by atoms with Gasteiger partial charge in [0.1, 0.15) is 0 Å². The van der Waals surface area contributed by atoms with Crippen LogP contribution in [0.5, 0.6) is 5.88 Å². The second-order valence-electron chi connectivity index (χ2n) is 6.00. The Kier molecular flexibility index (Phi) is 5.97. The van der Waals surface area contributed by atoms with Gasteiger partial charge >= 0.3 is 0 Å². The van der Waals surface area contributed by atoms with E-state index in [1.807, 2.05) is 30.5 Å². The van der Waals surface area contributed by atoms with Gasteiger partial charge in [-0.3, -0.25) is 4.79 Å². The summed E-state index contributed by atoms with van der Waals surface area (Å²) in [4.78, 5) is 19.4. The van der Waals surface area contributed by atoms with Crippen molar-refractivity contribution in [3.63, 3.8) is 0 Å². The fourth-order valence-electron chi connectivity index (χ4n) is 2.77. The quantitative estimate of drug-likeness (QED) is 0.565. The van der Waals surface area contributed by atoms with Crippen LogP contribution in [0.1, 0.15) is 15.9 Å². The average Bonchev–Trinajstić information content (AvgIpc) is 3.09. The van der Waals surface area contributed by atoms with E-state index in [9.17, 15) is 18.7 Å². The molecule has 0 unspecified atom stereocenters. The molecule has 142 valence electrons. The van der Waals surface area contributed by atoms with Crippen LogP contribution < -0.4 is 10.1 Å². The monoisotopic (exact) mass is 375 g/mol. The number of ether oxygens (including phenoxy) is 1. The fourth-order valence-corrected chi connectivity index (χ4v) is 2.77. The molecule has 1 amide bonds. The number of amides is 1. The summed E-state index contributed by atoms with van der Waals surface area (Å²) in [5.74, 6) is -0.502. The molecule has 0 fully saturated rings. The van der Waals surface area contributed by atoms with Gasteiger partial charge in [0.15, 0.2) is 6.61 Å². The number of hydrogen-bond acceptors (Lipinski definition) is 4. The van der Waals surface area contributed by atoms with E-state index in [4.69, 9.17) is 4.74 Å². The van der Waals surface area contributed by atoms with Crippen LogP contribution in [0.4, 0.5) is 8.78 Å². The van der Waals surface area contributed by atoms with Crippen LogP contribution in [0.25, 0.3) is 10.9 Å². The van der Waals surface area contributed by atoms with Crippen LogP contribution in [-0.2, 0) is 6.42 Å². The largest absolute Gasteiger partial charge is 0.472 e. The van der Waals surface area contributed by atoms with Crippen LogP contribution in [0, 0.1) is 0 Å². The summed E-state index contributed by atoms with van der Waals surface area (Å²) in [5.41, 5.74) is 2.16. The summed E-state index contributed by atoms with van der Waals surface area (Å²) in [6, 6.07) is 9.99. The van der Waals surface area contributed by atoms with E-state index < -0.39 is 25.0 Å². The molecule has 1 aromatic carbocycles. The van der Waals surface area contributed by atoms with E-state index in [0.717, 1.165) is 16.5 Å². The number of aliphatic hydroxyl groups is 1. The Morgan fingerprint density at radius 2 is 2.11 bits per heavy atom. The smallest absolute Gasteiger partial charge is 0.272 e. The minimum Gasteiger partial charge on any atom is -0.472 e. The summed E-state index contributed by atoms with van der Waals surface area (Å²) in [7, 11) is 0. The third-order valence-corrected chi connectivity index (χ3v) is 4.05. The van der Waals surface area contributed by atoms with E-state index in [1.165, 1.54) is 18.3 Å². The number of aromatic nitrogens is 2. The van der Waals surface area contributed by atoms with Crippen molar-refractivity contribution in [2.45, 2.75) is 18.9 Å². The second-order valence-corrected chi connectivity index (χ2v) is 6.00. The van der Waals surface area contributed by atoms with Crippen molar-refractivity contribution in [3.05, 3.63) is 59.9 Å². The summed E-state index contributed by atoms with van der Waals surface area (Å²) in [5, 5.41) is 13.4. The highest BCUT2D eigenvalue weighted by atomic mass is 19.3. The molecule has 0 aliphatic carbocycles. The molecule has 6 nitrogen and oxygen atoms in total. The molecule has 1 atom stereocenters. The molecule has 2 heterocycles. The number of nitrogens with zero attached hydrogens (tertiary/aromatic N) is 1. The zero-order valence-corrected chi connectivity index (χ0v) is 14.4. The van der Waals surface area contributed by atoms with Gasteiger partial charge in [0.05, 0.1) is 12.6 Å². The highest BCUT2D eigenvalue weighted by molar-refractivity contribution is 5.94. The van der Waals surface area contributed by atoms with E-state index in [-0.39, 0.29) is 18.1 Å². The molecule has 0 saturated carbocycles. The first-order valence-corrected chi connectivity index (χ1v) is 8.40. The zero-order chi connectivity index (χ0) is 19.2. The maximum Gasteiger partial charge on any atom is 0.272 e. The lowest BCUT2D eigenvalue weighted by Crippen LogP contribution is -2.39. The fraction of sp³-hybridized carbons (Fsp3) is 0.263. The van der Waals surface area contributed by atoms with Crippen molar-refractivity contribution in [1.29, 1.82) is 0 Å². The molecule has 0 saturated heterocycles. The van der Waals surface area contributed by atoms with E-state index >= 15 is 0 Å². The highest BCUT2D eigenvalue weighted by Gasteiger charge is 2.16. The predicted molar refractivity (Wildman–Crippen MR) is 96.1 cm³/mol. The number of rotatable bonds is 8. The summed E-state index contributed by atoms with van der Waals surface area (Å²) < 4.78 is 29.3. The second kappa shape index (κ2) is 8.59. The third-order valence-electron chi connectivity index (χ3n) is 4.05. The summed E-state index contributed by atoms with van der Waals surface area (Å²) >= 11 is 0. The number of benzene rings is 1. The lowest BCUT2D eigenvalue weighted by Gasteiger charge is -2.16. The van der Waals surface area contributed by atoms with Gasteiger partial charge < -0.3 is 20.1 Å². The lowest BCUT2D eigenvalue weighted by atomic mass is 10.0. The Morgan fingerprint density at radius 1 is 1.30 bits per heavy atom. The molecule has 2 aromatic heterocycles. The molecular weight excluding hydrogens is 356 g/mol. The number of carbonyl (C=O) groups excluding carboxylic acids is 1. The molecule has 0 bridgehead atoms. The van der Waals surface area contributed by atoms with Crippen LogP contribution in [0.2, 0.25) is 0 Å². The minimum absolute atomic E-state index is 0.0554. The minimum atomic E-state index is -2.63. The van der Waals surface area contributed by atoms with Crippen LogP contribution in [-0.4, -0.2) is 46.7 Å². The van der Waals surface area contributed by atoms with Crippen LogP contribution in [0.15, 0.2) is 48.8 Å². The molecule has 0 aliphatic heterocycles.